The van der Waals surface area contributed by atoms with Gasteiger partial charge in [0.25, 0.3) is 0 Å². The van der Waals surface area contributed by atoms with Crippen molar-refractivity contribution >= 4 is 17.9 Å². The molecule has 0 saturated heterocycles. The molecule has 0 aromatic heterocycles. The monoisotopic (exact) mass is 399 g/mol. The van der Waals surface area contributed by atoms with Crippen molar-refractivity contribution < 1.29 is 34.2 Å². The SMILES string of the molecule is CCCCCC/C=C/CCCCCCC[N+](CC(=O)[O-])(CC(=O)O)CC(=O)O. The highest BCUT2D eigenvalue weighted by Crippen LogP contribution is 2.13. The van der Waals surface area contributed by atoms with Gasteiger partial charge in [0, 0.05) is 0 Å². The van der Waals surface area contributed by atoms with Crippen LogP contribution in [0.2, 0.25) is 0 Å². The van der Waals surface area contributed by atoms with Crippen molar-refractivity contribution in [3.8, 4) is 0 Å². The first-order valence-corrected chi connectivity index (χ1v) is 10.4. The van der Waals surface area contributed by atoms with Gasteiger partial charge in [-0.3, -0.25) is 0 Å². The topological polar surface area (TPSA) is 115 Å². The lowest BCUT2D eigenvalue weighted by Gasteiger charge is -2.36. The van der Waals surface area contributed by atoms with Gasteiger partial charge in [-0.2, -0.15) is 0 Å². The van der Waals surface area contributed by atoms with E-state index in [-0.39, 0.29) is 6.54 Å². The zero-order chi connectivity index (χ0) is 21.3. The molecule has 2 N–H and O–H groups in total. The molecule has 0 radical (unpaired) electrons. The van der Waals surface area contributed by atoms with Gasteiger partial charge in [0.15, 0.2) is 13.1 Å². The summed E-state index contributed by atoms with van der Waals surface area (Å²) in [6.45, 7) is 0.773. The number of carbonyl (C=O) groups excluding carboxylic acids is 1. The van der Waals surface area contributed by atoms with Crippen LogP contribution < -0.4 is 5.11 Å². The quantitative estimate of drug-likeness (QED) is 0.196. The summed E-state index contributed by atoms with van der Waals surface area (Å²) >= 11 is 0. The van der Waals surface area contributed by atoms with Gasteiger partial charge < -0.3 is 24.6 Å². The Balaban J connectivity index is 4.09. The minimum atomic E-state index is -1.43. The van der Waals surface area contributed by atoms with E-state index in [1.807, 2.05) is 0 Å². The van der Waals surface area contributed by atoms with Crippen LogP contribution in [0.5, 0.6) is 0 Å². The molecule has 0 heterocycles. The summed E-state index contributed by atoms with van der Waals surface area (Å²) in [5.41, 5.74) is 0. The standard InChI is InChI=1S/C21H37NO6/c1-2-3-4-5-6-7-8-9-10-11-12-13-14-15-22(16-19(23)24,17-20(25)26)18-21(27)28/h7-8H,2-6,9-18H2,1H3,(H2-,23,24,25,26,27,28)/b8-7+. The van der Waals surface area contributed by atoms with Gasteiger partial charge >= 0.3 is 11.9 Å². The summed E-state index contributed by atoms with van der Waals surface area (Å²) in [7, 11) is 0. The second kappa shape index (κ2) is 16.1. The summed E-state index contributed by atoms with van der Waals surface area (Å²) < 4.78 is -0.506. The minimum Gasteiger partial charge on any atom is -0.544 e. The fourth-order valence-corrected chi connectivity index (χ4v) is 3.42. The number of nitrogens with zero attached hydrogens (tertiary/aromatic N) is 1. The molecule has 0 unspecified atom stereocenters. The first kappa shape index (κ1) is 26.1. The van der Waals surface area contributed by atoms with E-state index >= 15 is 0 Å². The van der Waals surface area contributed by atoms with Gasteiger partial charge in [-0.05, 0) is 38.5 Å². The number of hydrogen-bond donors (Lipinski definition) is 2. The third-order valence-electron chi connectivity index (χ3n) is 4.80. The Kier molecular flexibility index (Phi) is 15.0. The normalized spacial score (nSPS) is 11.8. The highest BCUT2D eigenvalue weighted by atomic mass is 16.4. The molecule has 0 atom stereocenters. The number of carbonyl (C=O) groups is 3. The van der Waals surface area contributed by atoms with E-state index in [0.29, 0.717) is 6.42 Å². The Morgan fingerprint density at radius 2 is 1.21 bits per heavy atom. The maximum atomic E-state index is 11.1. The van der Waals surface area contributed by atoms with Crippen molar-refractivity contribution in [1.82, 2.24) is 0 Å². The molecule has 28 heavy (non-hydrogen) atoms. The minimum absolute atomic E-state index is 0.213. The first-order chi connectivity index (χ1) is 13.3. The Morgan fingerprint density at radius 3 is 1.68 bits per heavy atom. The van der Waals surface area contributed by atoms with Crippen LogP contribution in [0.25, 0.3) is 0 Å². The average Bonchev–Trinajstić information content (AvgIpc) is 2.57. The third kappa shape index (κ3) is 15.2. The predicted octanol–water partition coefficient (Wildman–Crippen LogP) is 2.59. The summed E-state index contributed by atoms with van der Waals surface area (Å²) in [5.74, 6) is -3.84. The molecule has 162 valence electrons. The van der Waals surface area contributed by atoms with Gasteiger partial charge in [0.2, 0.25) is 0 Å². The number of carboxylic acids is 3. The summed E-state index contributed by atoms with van der Waals surface area (Å²) in [6.07, 6.45) is 16.3. The molecule has 0 aliphatic heterocycles. The van der Waals surface area contributed by atoms with Crippen LogP contribution >= 0.6 is 0 Å². The van der Waals surface area contributed by atoms with Crippen LogP contribution in [-0.4, -0.2) is 58.8 Å². The average molecular weight is 400 g/mol. The molecule has 0 saturated carbocycles. The Bertz CT molecular complexity index is 448. The van der Waals surface area contributed by atoms with Gasteiger partial charge in [-0.25, -0.2) is 9.59 Å². The fourth-order valence-electron chi connectivity index (χ4n) is 3.42. The number of unbranched alkanes of at least 4 members (excludes halogenated alkanes) is 9. The molecule has 7 nitrogen and oxygen atoms in total. The van der Waals surface area contributed by atoms with Crippen LogP contribution in [0.4, 0.5) is 0 Å². The highest BCUT2D eigenvalue weighted by molar-refractivity contribution is 5.72. The van der Waals surface area contributed by atoms with E-state index in [1.165, 1.54) is 25.7 Å². The Morgan fingerprint density at radius 1 is 0.750 bits per heavy atom. The third-order valence-corrected chi connectivity index (χ3v) is 4.80. The van der Waals surface area contributed by atoms with E-state index in [9.17, 15) is 19.5 Å². The Labute approximate surface area is 168 Å². The second-order valence-corrected chi connectivity index (χ2v) is 7.58. The molecular weight excluding hydrogens is 362 g/mol. The number of aliphatic carboxylic acids is 3. The molecule has 0 fully saturated rings. The number of allylic oxidation sites excluding steroid dienone is 2. The van der Waals surface area contributed by atoms with Crippen molar-refractivity contribution in [2.24, 2.45) is 0 Å². The lowest BCUT2D eigenvalue weighted by atomic mass is 10.1. The van der Waals surface area contributed by atoms with E-state index in [2.05, 4.69) is 19.1 Å². The molecule has 0 bridgehead atoms. The summed E-state index contributed by atoms with van der Waals surface area (Å²) in [6, 6.07) is 0. The van der Waals surface area contributed by atoms with Gasteiger partial charge in [-0.1, -0.05) is 51.2 Å². The molecule has 7 heteroatoms. The van der Waals surface area contributed by atoms with Gasteiger partial charge in [-0.15, -0.1) is 0 Å². The van der Waals surface area contributed by atoms with Crippen molar-refractivity contribution in [3.05, 3.63) is 12.2 Å². The largest absolute Gasteiger partial charge is 0.544 e. The van der Waals surface area contributed by atoms with Crippen LogP contribution in [0.1, 0.15) is 77.6 Å². The fraction of sp³-hybridized carbons (Fsp3) is 0.762. The maximum absolute atomic E-state index is 11.1. The molecule has 0 aliphatic carbocycles. The second-order valence-electron chi connectivity index (χ2n) is 7.58. The molecule has 0 aliphatic rings. The van der Waals surface area contributed by atoms with Crippen molar-refractivity contribution in [1.29, 1.82) is 0 Å². The number of carboxylic acid groups (broad SMARTS) is 3. The van der Waals surface area contributed by atoms with Crippen LogP contribution in [0, 0.1) is 0 Å². The molecular formula is C21H37NO6. The summed E-state index contributed by atoms with van der Waals surface area (Å²) in [4.78, 5) is 33.2. The van der Waals surface area contributed by atoms with Crippen LogP contribution in [0.15, 0.2) is 12.2 Å². The molecule has 0 aromatic carbocycles. The highest BCUT2D eigenvalue weighted by Gasteiger charge is 2.33. The first-order valence-electron chi connectivity index (χ1n) is 10.4. The molecule has 0 rings (SSSR count). The number of quaternary nitrogens is 1. The molecule has 0 aromatic rings. The van der Waals surface area contributed by atoms with Gasteiger partial charge in [0.1, 0.15) is 6.54 Å². The lowest BCUT2D eigenvalue weighted by molar-refractivity contribution is -0.909. The van der Waals surface area contributed by atoms with Crippen molar-refractivity contribution in [2.75, 3.05) is 26.2 Å². The lowest BCUT2D eigenvalue weighted by Crippen LogP contribution is -2.59. The van der Waals surface area contributed by atoms with E-state index < -0.39 is 42.0 Å². The van der Waals surface area contributed by atoms with E-state index in [4.69, 9.17) is 10.2 Å². The van der Waals surface area contributed by atoms with Crippen LogP contribution in [0.3, 0.4) is 0 Å². The molecule has 0 spiro atoms. The van der Waals surface area contributed by atoms with E-state index in [0.717, 1.165) is 38.5 Å². The number of rotatable bonds is 19. The zero-order valence-electron chi connectivity index (χ0n) is 17.2. The van der Waals surface area contributed by atoms with Gasteiger partial charge in [0.05, 0.1) is 12.5 Å². The van der Waals surface area contributed by atoms with E-state index in [1.54, 1.807) is 0 Å². The summed E-state index contributed by atoms with van der Waals surface area (Å²) in [5, 5.41) is 29.1. The maximum Gasteiger partial charge on any atom is 0.359 e. The smallest absolute Gasteiger partial charge is 0.359 e. The predicted molar refractivity (Wildman–Crippen MR) is 106 cm³/mol. The van der Waals surface area contributed by atoms with Crippen LogP contribution in [-0.2, 0) is 14.4 Å². The number of hydrogen-bond acceptors (Lipinski definition) is 4. The molecule has 0 amide bonds. The van der Waals surface area contributed by atoms with Crippen molar-refractivity contribution in [2.45, 2.75) is 77.6 Å². The zero-order valence-corrected chi connectivity index (χ0v) is 17.2. The van der Waals surface area contributed by atoms with Crippen molar-refractivity contribution in [3.63, 3.8) is 0 Å². The Hall–Kier alpha value is -1.89.